The van der Waals surface area contributed by atoms with Crippen LogP contribution in [0.1, 0.15) is 53.9 Å². The van der Waals surface area contributed by atoms with Crippen LogP contribution >= 0.6 is 23.1 Å². The van der Waals surface area contributed by atoms with E-state index >= 15 is 0 Å². The molecule has 0 aromatic carbocycles. The fourth-order valence-electron chi connectivity index (χ4n) is 1.99. The Morgan fingerprint density at radius 1 is 1.39 bits per heavy atom. The van der Waals surface area contributed by atoms with E-state index in [9.17, 15) is 9.59 Å². The molecule has 1 atom stereocenters. The van der Waals surface area contributed by atoms with E-state index < -0.39 is 0 Å². The lowest BCUT2D eigenvalue weighted by Crippen LogP contribution is -2.44. The van der Waals surface area contributed by atoms with Gasteiger partial charge in [-0.1, -0.05) is 30.0 Å². The number of carbonyl (C=O) groups excluding carboxylic acids is 2. The fraction of sp³-hybridized carbons (Fsp3) is 0.733. The van der Waals surface area contributed by atoms with E-state index in [4.69, 9.17) is 0 Å². The Bertz CT molecular complexity index is 578. The predicted octanol–water partition coefficient (Wildman–Crippen LogP) is 2.84. The maximum absolute atomic E-state index is 12.1. The molecule has 2 rings (SSSR count). The van der Waals surface area contributed by atoms with Gasteiger partial charge in [-0.2, -0.15) is 0 Å². The van der Waals surface area contributed by atoms with Gasteiger partial charge in [-0.15, -0.1) is 10.2 Å². The minimum Gasteiger partial charge on any atom is -0.351 e. The zero-order valence-corrected chi connectivity index (χ0v) is 15.9. The van der Waals surface area contributed by atoms with Gasteiger partial charge in [-0.05, 0) is 40.5 Å². The number of hydrogen-bond donors (Lipinski definition) is 1. The van der Waals surface area contributed by atoms with Crippen molar-refractivity contribution in [2.45, 2.75) is 75.1 Å². The van der Waals surface area contributed by atoms with E-state index in [0.29, 0.717) is 15.9 Å². The van der Waals surface area contributed by atoms with E-state index in [2.05, 4.69) is 15.5 Å². The average Bonchev–Trinajstić information content (AvgIpc) is 3.17. The Kier molecular flexibility index (Phi) is 5.67. The predicted molar refractivity (Wildman–Crippen MR) is 93.9 cm³/mol. The first-order chi connectivity index (χ1) is 10.7. The molecule has 0 spiro atoms. The van der Waals surface area contributed by atoms with Crippen molar-refractivity contribution in [3.8, 4) is 0 Å². The van der Waals surface area contributed by atoms with Crippen LogP contribution in [-0.4, -0.2) is 38.8 Å². The second-order valence-electron chi connectivity index (χ2n) is 6.70. The summed E-state index contributed by atoms with van der Waals surface area (Å²) in [5.74, 6) is 0.0571. The van der Waals surface area contributed by atoms with Gasteiger partial charge in [0.2, 0.25) is 16.9 Å². The van der Waals surface area contributed by atoms with Crippen molar-refractivity contribution in [3.05, 3.63) is 0 Å². The second kappa shape index (κ2) is 7.17. The first-order valence-corrected chi connectivity index (χ1v) is 9.55. The topological polar surface area (TPSA) is 75.2 Å². The molecule has 1 N–H and O–H groups in total. The SMILES string of the molecule is CCC(=O)N(c1nnc(SC(C)C(=O)NC(C)(C)C)s1)C1CC1. The first kappa shape index (κ1) is 18.2. The maximum atomic E-state index is 12.1. The van der Waals surface area contributed by atoms with Crippen molar-refractivity contribution in [2.75, 3.05) is 4.90 Å². The molecule has 8 heteroatoms. The van der Waals surface area contributed by atoms with Crippen LogP contribution in [0.4, 0.5) is 5.13 Å². The van der Waals surface area contributed by atoms with Crippen molar-refractivity contribution in [1.29, 1.82) is 0 Å². The summed E-state index contributed by atoms with van der Waals surface area (Å²) in [6.07, 6.45) is 2.51. The first-order valence-electron chi connectivity index (χ1n) is 7.85. The molecule has 0 aliphatic heterocycles. The summed E-state index contributed by atoms with van der Waals surface area (Å²) in [6, 6.07) is 0.273. The summed E-state index contributed by atoms with van der Waals surface area (Å²) in [4.78, 5) is 26.0. The van der Waals surface area contributed by atoms with Gasteiger partial charge in [-0.3, -0.25) is 14.5 Å². The smallest absolute Gasteiger partial charge is 0.233 e. The molecule has 128 valence electrons. The molecule has 0 radical (unpaired) electrons. The monoisotopic (exact) mass is 356 g/mol. The highest BCUT2D eigenvalue weighted by molar-refractivity contribution is 8.02. The molecule has 0 saturated heterocycles. The van der Waals surface area contributed by atoms with Gasteiger partial charge in [0.05, 0.1) is 5.25 Å². The molecule has 1 aromatic heterocycles. The zero-order valence-electron chi connectivity index (χ0n) is 14.3. The highest BCUT2D eigenvalue weighted by Gasteiger charge is 2.35. The van der Waals surface area contributed by atoms with Gasteiger partial charge in [-0.25, -0.2) is 0 Å². The van der Waals surface area contributed by atoms with Crippen LogP contribution in [0.15, 0.2) is 4.34 Å². The standard InChI is InChI=1S/C15H24N4O2S2/c1-6-11(20)19(10-7-8-10)13-17-18-14(23-13)22-9(2)12(21)16-15(3,4)5/h9-10H,6-8H2,1-5H3,(H,16,21). The molecule has 1 fully saturated rings. The van der Waals surface area contributed by atoms with Crippen LogP contribution in [0.5, 0.6) is 0 Å². The number of thioether (sulfide) groups is 1. The van der Waals surface area contributed by atoms with Crippen LogP contribution in [-0.2, 0) is 9.59 Å². The van der Waals surface area contributed by atoms with Crippen molar-refractivity contribution < 1.29 is 9.59 Å². The van der Waals surface area contributed by atoms with Crippen LogP contribution in [0, 0.1) is 0 Å². The minimum atomic E-state index is -0.258. The Balaban J connectivity index is 2.01. The second-order valence-corrected chi connectivity index (χ2v) is 9.24. The molecule has 23 heavy (non-hydrogen) atoms. The maximum Gasteiger partial charge on any atom is 0.233 e. The average molecular weight is 357 g/mol. The largest absolute Gasteiger partial charge is 0.351 e. The number of anilines is 1. The molecular weight excluding hydrogens is 332 g/mol. The number of aromatic nitrogens is 2. The third-order valence-electron chi connectivity index (χ3n) is 3.23. The summed E-state index contributed by atoms with van der Waals surface area (Å²) in [6.45, 7) is 9.57. The third kappa shape index (κ3) is 5.17. The molecule has 6 nitrogen and oxygen atoms in total. The van der Waals surface area contributed by atoms with E-state index in [0.717, 1.165) is 12.8 Å². The lowest BCUT2D eigenvalue weighted by Gasteiger charge is -2.22. The summed E-state index contributed by atoms with van der Waals surface area (Å²) >= 11 is 2.76. The van der Waals surface area contributed by atoms with Crippen LogP contribution in [0.25, 0.3) is 0 Å². The number of amides is 2. The molecule has 1 aliphatic carbocycles. The van der Waals surface area contributed by atoms with Gasteiger partial charge in [0, 0.05) is 18.0 Å². The van der Waals surface area contributed by atoms with E-state index in [1.54, 1.807) is 4.90 Å². The summed E-state index contributed by atoms with van der Waals surface area (Å²) in [5.41, 5.74) is -0.255. The molecule has 1 aliphatic rings. The Hall–Kier alpha value is -1.15. The van der Waals surface area contributed by atoms with E-state index in [-0.39, 0.29) is 28.6 Å². The van der Waals surface area contributed by atoms with Crippen LogP contribution < -0.4 is 10.2 Å². The van der Waals surface area contributed by atoms with Gasteiger partial charge in [0.1, 0.15) is 0 Å². The number of rotatable bonds is 6. The van der Waals surface area contributed by atoms with E-state index in [1.807, 2.05) is 34.6 Å². The van der Waals surface area contributed by atoms with Crippen molar-refractivity contribution >= 4 is 40.0 Å². The van der Waals surface area contributed by atoms with E-state index in [1.165, 1.54) is 23.1 Å². The lowest BCUT2D eigenvalue weighted by molar-refractivity contribution is -0.121. The van der Waals surface area contributed by atoms with Crippen molar-refractivity contribution in [1.82, 2.24) is 15.5 Å². The normalized spacial score (nSPS) is 16.0. The van der Waals surface area contributed by atoms with Gasteiger partial charge >= 0.3 is 0 Å². The molecule has 1 aromatic rings. The van der Waals surface area contributed by atoms with Gasteiger partial charge < -0.3 is 5.32 Å². The molecule has 0 bridgehead atoms. The fourth-order valence-corrected chi connectivity index (χ4v) is 4.07. The Morgan fingerprint density at radius 2 is 2.04 bits per heavy atom. The molecule has 1 saturated carbocycles. The Labute approximate surface area is 145 Å². The quantitative estimate of drug-likeness (QED) is 0.626. The van der Waals surface area contributed by atoms with Crippen molar-refractivity contribution in [2.24, 2.45) is 0 Å². The summed E-state index contributed by atoms with van der Waals surface area (Å²) in [5, 5.41) is 11.6. The van der Waals surface area contributed by atoms with Crippen LogP contribution in [0.2, 0.25) is 0 Å². The molecule has 1 unspecified atom stereocenters. The number of carbonyl (C=O) groups is 2. The molecule has 1 heterocycles. The minimum absolute atomic E-state index is 0.0251. The Morgan fingerprint density at radius 3 is 2.57 bits per heavy atom. The summed E-state index contributed by atoms with van der Waals surface area (Å²) in [7, 11) is 0. The zero-order chi connectivity index (χ0) is 17.2. The summed E-state index contributed by atoms with van der Waals surface area (Å²) < 4.78 is 0.714. The highest BCUT2D eigenvalue weighted by atomic mass is 32.2. The van der Waals surface area contributed by atoms with Crippen molar-refractivity contribution in [3.63, 3.8) is 0 Å². The number of hydrogen-bond acceptors (Lipinski definition) is 6. The third-order valence-corrected chi connectivity index (χ3v) is 5.34. The van der Waals surface area contributed by atoms with Crippen LogP contribution in [0.3, 0.4) is 0 Å². The lowest BCUT2D eigenvalue weighted by atomic mass is 10.1. The van der Waals surface area contributed by atoms with Gasteiger partial charge in [0.15, 0.2) is 4.34 Å². The number of nitrogens with zero attached hydrogens (tertiary/aromatic N) is 3. The molecule has 2 amide bonds. The highest BCUT2D eigenvalue weighted by Crippen LogP contribution is 2.37. The number of nitrogens with one attached hydrogen (secondary N) is 1. The molecular formula is C15H24N4O2S2. The van der Waals surface area contributed by atoms with Gasteiger partial charge in [0.25, 0.3) is 0 Å².